The number of aryl methyl sites for hydroxylation is 1. The predicted molar refractivity (Wildman–Crippen MR) is 118 cm³/mol. The average Bonchev–Trinajstić information content (AvgIpc) is 3.02. The molecule has 1 N–H and O–H groups in total. The summed E-state index contributed by atoms with van der Waals surface area (Å²) >= 11 is 0. The van der Waals surface area contributed by atoms with Crippen LogP contribution in [-0.2, 0) is 16.8 Å². The van der Waals surface area contributed by atoms with Gasteiger partial charge in [-0.25, -0.2) is 4.72 Å². The molecule has 158 valence electrons. The Balaban J connectivity index is 1.80. The topological polar surface area (TPSA) is 71.4 Å². The van der Waals surface area contributed by atoms with Crippen molar-refractivity contribution < 1.29 is 13.2 Å². The van der Waals surface area contributed by atoms with Crippen LogP contribution in [0, 0.1) is 13.8 Å². The zero-order valence-electron chi connectivity index (χ0n) is 17.7. The quantitative estimate of drug-likeness (QED) is 0.626. The molecule has 0 aliphatic carbocycles. The summed E-state index contributed by atoms with van der Waals surface area (Å²) in [5.41, 5.74) is 3.92. The van der Waals surface area contributed by atoms with Gasteiger partial charge in [-0.1, -0.05) is 60.7 Å². The van der Waals surface area contributed by atoms with Gasteiger partial charge in [-0.05, 0) is 38.0 Å². The molecule has 0 radical (unpaired) electrons. The Morgan fingerprint density at radius 1 is 1.03 bits per heavy atom. The minimum atomic E-state index is -3.97. The van der Waals surface area contributed by atoms with E-state index in [1.165, 1.54) is 7.05 Å². The predicted octanol–water partition coefficient (Wildman–Crippen LogP) is 3.82. The van der Waals surface area contributed by atoms with Crippen LogP contribution < -0.4 is 4.72 Å². The van der Waals surface area contributed by atoms with Crippen molar-refractivity contribution in [2.45, 2.75) is 33.4 Å². The van der Waals surface area contributed by atoms with Crippen LogP contribution in [0.15, 0.2) is 66.7 Å². The third-order valence-electron chi connectivity index (χ3n) is 5.28. The molecule has 3 rings (SSSR count). The number of nitrogens with one attached hydrogen (secondary N) is 1. The summed E-state index contributed by atoms with van der Waals surface area (Å²) in [5, 5.41) is 0. The highest BCUT2D eigenvalue weighted by molar-refractivity contribution is 7.87. The fourth-order valence-electron chi connectivity index (χ4n) is 3.66. The van der Waals surface area contributed by atoms with E-state index in [0.29, 0.717) is 5.56 Å². The molecule has 1 unspecified atom stereocenters. The van der Waals surface area contributed by atoms with Crippen molar-refractivity contribution in [3.8, 4) is 0 Å². The molecule has 0 saturated carbocycles. The van der Waals surface area contributed by atoms with Gasteiger partial charge in [0.2, 0.25) is 0 Å². The van der Waals surface area contributed by atoms with Crippen molar-refractivity contribution in [2.75, 3.05) is 7.05 Å². The van der Waals surface area contributed by atoms with E-state index < -0.39 is 16.1 Å². The van der Waals surface area contributed by atoms with Crippen molar-refractivity contribution in [3.05, 3.63) is 94.8 Å². The van der Waals surface area contributed by atoms with Crippen LogP contribution in [0.4, 0.5) is 0 Å². The molecule has 0 spiro atoms. The number of carbonyl (C=O) groups is 1. The minimum absolute atomic E-state index is 0.0186. The van der Waals surface area contributed by atoms with Crippen molar-refractivity contribution in [1.29, 1.82) is 0 Å². The molecule has 1 heterocycles. The van der Waals surface area contributed by atoms with Crippen molar-refractivity contribution in [1.82, 2.24) is 13.6 Å². The van der Waals surface area contributed by atoms with Gasteiger partial charge in [-0.2, -0.15) is 12.7 Å². The van der Waals surface area contributed by atoms with Crippen LogP contribution in [0.1, 0.15) is 45.8 Å². The van der Waals surface area contributed by atoms with E-state index >= 15 is 0 Å². The number of hydrogen-bond donors (Lipinski definition) is 1. The summed E-state index contributed by atoms with van der Waals surface area (Å²) in [6.45, 7) is 5.98. The zero-order chi connectivity index (χ0) is 21.9. The van der Waals surface area contributed by atoms with E-state index in [-0.39, 0.29) is 12.6 Å². The van der Waals surface area contributed by atoms with E-state index in [4.69, 9.17) is 0 Å². The fraction of sp³-hybridized carbons (Fsp3) is 0.261. The van der Waals surface area contributed by atoms with Gasteiger partial charge >= 0.3 is 10.2 Å². The van der Waals surface area contributed by atoms with Crippen molar-refractivity contribution >= 4 is 16.1 Å². The second-order valence-corrected chi connectivity index (χ2v) is 9.20. The Kier molecular flexibility index (Phi) is 6.43. The summed E-state index contributed by atoms with van der Waals surface area (Å²) in [5.74, 6) is -0.630. The van der Waals surface area contributed by atoms with Crippen LogP contribution in [-0.4, -0.2) is 30.2 Å². The van der Waals surface area contributed by atoms with E-state index in [1.54, 1.807) is 6.07 Å². The lowest BCUT2D eigenvalue weighted by molar-refractivity contribution is 0.0978. The zero-order valence-corrected chi connectivity index (χ0v) is 18.5. The van der Waals surface area contributed by atoms with Crippen molar-refractivity contribution in [2.24, 2.45) is 0 Å². The maximum Gasteiger partial charge on any atom is 0.304 e. The molecule has 0 aliphatic rings. The molecule has 0 aliphatic heterocycles. The first kappa shape index (κ1) is 21.8. The minimum Gasteiger partial charge on any atom is -0.341 e. The highest BCUT2D eigenvalue weighted by Crippen LogP contribution is 2.25. The van der Waals surface area contributed by atoms with Gasteiger partial charge in [0, 0.05) is 25.0 Å². The third-order valence-corrected chi connectivity index (χ3v) is 6.67. The van der Waals surface area contributed by atoms with Gasteiger partial charge < -0.3 is 4.57 Å². The second kappa shape index (κ2) is 8.85. The lowest BCUT2D eigenvalue weighted by Crippen LogP contribution is -2.41. The number of nitrogens with zero attached hydrogens (tertiary/aromatic N) is 2. The molecular weight excluding hydrogens is 398 g/mol. The van der Waals surface area contributed by atoms with Crippen LogP contribution in [0.2, 0.25) is 0 Å². The van der Waals surface area contributed by atoms with Gasteiger partial charge in [-0.3, -0.25) is 4.79 Å². The first-order chi connectivity index (χ1) is 14.2. The van der Waals surface area contributed by atoms with E-state index in [9.17, 15) is 13.2 Å². The molecule has 0 saturated heterocycles. The average molecular weight is 426 g/mol. The van der Waals surface area contributed by atoms with Crippen LogP contribution in [0.5, 0.6) is 0 Å². The maximum absolute atomic E-state index is 12.8. The summed E-state index contributed by atoms with van der Waals surface area (Å²) in [6.07, 6.45) is 0. The molecule has 7 heteroatoms. The molecule has 6 nitrogen and oxygen atoms in total. The normalized spacial score (nSPS) is 12.7. The van der Waals surface area contributed by atoms with E-state index in [1.807, 2.05) is 79.1 Å². The molecule has 0 bridgehead atoms. The molecule has 2 aromatic carbocycles. The molecule has 30 heavy (non-hydrogen) atoms. The third kappa shape index (κ3) is 4.63. The molecular formula is C23H27N3O3S. The number of carbonyl (C=O) groups excluding carboxylic acids is 1. The van der Waals surface area contributed by atoms with Gasteiger partial charge in [0.15, 0.2) is 0 Å². The summed E-state index contributed by atoms with van der Waals surface area (Å²) in [7, 11) is -2.53. The summed E-state index contributed by atoms with van der Waals surface area (Å²) in [4.78, 5) is 12.8. The number of rotatable bonds is 7. The SMILES string of the molecule is Cc1cc(C(=O)NS(=O)(=O)N(C)Cc2ccccc2)c(C)n1C(C)c1ccccc1. The standard InChI is InChI=1S/C23H27N3O3S/c1-17-15-22(19(3)26(17)18(2)21-13-9-6-10-14-21)23(27)24-30(28,29)25(4)16-20-11-7-5-8-12-20/h5-15,18H,16H2,1-4H3,(H,24,27). The Labute approximate surface area is 178 Å². The Bertz CT molecular complexity index is 1120. The first-order valence-corrected chi connectivity index (χ1v) is 11.2. The summed E-state index contributed by atoms with van der Waals surface area (Å²) < 4.78 is 30.7. The van der Waals surface area contributed by atoms with Crippen molar-refractivity contribution in [3.63, 3.8) is 0 Å². The molecule has 1 atom stereocenters. The number of hydrogen-bond acceptors (Lipinski definition) is 3. The monoisotopic (exact) mass is 425 g/mol. The summed E-state index contributed by atoms with van der Waals surface area (Å²) in [6, 6.07) is 21.0. The largest absolute Gasteiger partial charge is 0.341 e. The lowest BCUT2D eigenvalue weighted by Gasteiger charge is -2.20. The smallest absolute Gasteiger partial charge is 0.304 e. The Hall–Kier alpha value is -2.90. The van der Waals surface area contributed by atoms with E-state index in [0.717, 1.165) is 26.8 Å². The van der Waals surface area contributed by atoms with Crippen LogP contribution in [0.25, 0.3) is 0 Å². The highest BCUT2D eigenvalue weighted by atomic mass is 32.2. The Morgan fingerprint density at radius 3 is 2.20 bits per heavy atom. The lowest BCUT2D eigenvalue weighted by atomic mass is 10.1. The first-order valence-electron chi connectivity index (χ1n) is 9.76. The second-order valence-electron chi connectivity index (χ2n) is 7.42. The van der Waals surface area contributed by atoms with Crippen LogP contribution in [0.3, 0.4) is 0 Å². The number of amides is 1. The van der Waals surface area contributed by atoms with Gasteiger partial charge in [0.05, 0.1) is 11.6 Å². The molecule has 1 amide bonds. The van der Waals surface area contributed by atoms with Gasteiger partial charge in [-0.15, -0.1) is 0 Å². The van der Waals surface area contributed by atoms with Gasteiger partial charge in [0.1, 0.15) is 0 Å². The van der Waals surface area contributed by atoms with Gasteiger partial charge in [0.25, 0.3) is 5.91 Å². The fourth-order valence-corrected chi connectivity index (χ4v) is 4.48. The maximum atomic E-state index is 12.8. The molecule has 0 fully saturated rings. The van der Waals surface area contributed by atoms with Crippen LogP contribution >= 0.6 is 0 Å². The number of aromatic nitrogens is 1. The highest BCUT2D eigenvalue weighted by Gasteiger charge is 2.25. The van der Waals surface area contributed by atoms with E-state index in [2.05, 4.69) is 11.6 Å². The molecule has 1 aromatic heterocycles. The number of benzene rings is 2. The molecule has 3 aromatic rings. The Morgan fingerprint density at radius 2 is 1.60 bits per heavy atom.